The molecule has 0 spiro atoms. The van der Waals surface area contributed by atoms with Crippen LogP contribution in [0.1, 0.15) is 5.56 Å². The normalized spacial score (nSPS) is 20.5. The number of halogens is 1. The maximum Gasteiger partial charge on any atom is 0.119 e. The molecule has 106 valence electrons. The average molecular weight is 329 g/mol. The highest BCUT2D eigenvalue weighted by Gasteiger charge is 2.18. The van der Waals surface area contributed by atoms with Gasteiger partial charge in [0, 0.05) is 17.6 Å². The van der Waals surface area contributed by atoms with E-state index in [4.69, 9.17) is 15.2 Å². The molecule has 1 aromatic carbocycles. The minimum atomic E-state index is 0.153. The van der Waals surface area contributed by atoms with E-state index in [0.29, 0.717) is 13.2 Å². The van der Waals surface area contributed by atoms with E-state index in [-0.39, 0.29) is 6.10 Å². The molecule has 1 aliphatic rings. The highest BCUT2D eigenvalue weighted by molar-refractivity contribution is 9.10. The van der Waals surface area contributed by atoms with Crippen molar-refractivity contribution in [1.82, 2.24) is 4.90 Å². The van der Waals surface area contributed by atoms with Gasteiger partial charge in [0.25, 0.3) is 0 Å². The van der Waals surface area contributed by atoms with Crippen molar-refractivity contribution in [1.29, 1.82) is 0 Å². The van der Waals surface area contributed by atoms with Gasteiger partial charge in [0.2, 0.25) is 0 Å². The predicted octanol–water partition coefficient (Wildman–Crippen LogP) is 1.66. The van der Waals surface area contributed by atoms with Gasteiger partial charge < -0.3 is 20.1 Å². The number of benzene rings is 1. The molecular formula is C14H21BrN2O2. The summed E-state index contributed by atoms with van der Waals surface area (Å²) in [5, 5.41) is 0. The van der Waals surface area contributed by atoms with Crippen molar-refractivity contribution in [2.75, 3.05) is 39.9 Å². The molecule has 1 unspecified atom stereocenters. The Hall–Kier alpha value is -0.620. The van der Waals surface area contributed by atoms with E-state index in [1.54, 1.807) is 0 Å². The van der Waals surface area contributed by atoms with Crippen molar-refractivity contribution < 1.29 is 9.47 Å². The summed E-state index contributed by atoms with van der Waals surface area (Å²) in [5.41, 5.74) is 6.78. The number of rotatable bonds is 5. The summed E-state index contributed by atoms with van der Waals surface area (Å²) in [7, 11) is 2.11. The number of nitrogens with zero attached hydrogens (tertiary/aromatic N) is 1. The summed E-state index contributed by atoms with van der Waals surface area (Å²) in [4.78, 5) is 2.26. The highest BCUT2D eigenvalue weighted by atomic mass is 79.9. The second kappa shape index (κ2) is 7.24. The standard InChI is InChI=1S/C14H21BrN2O2/c1-17-6-7-18-13(9-17)10-19-12-2-3-14(15)11(8-12)4-5-16/h2-3,8,13H,4-7,9-10,16H2,1H3. The van der Waals surface area contributed by atoms with Crippen molar-refractivity contribution in [3.8, 4) is 5.75 Å². The first kappa shape index (κ1) is 14.8. The molecule has 1 aromatic rings. The molecular weight excluding hydrogens is 308 g/mol. The first-order valence-electron chi connectivity index (χ1n) is 6.60. The summed E-state index contributed by atoms with van der Waals surface area (Å²) in [6.45, 7) is 3.93. The largest absolute Gasteiger partial charge is 0.491 e. The van der Waals surface area contributed by atoms with E-state index in [2.05, 4.69) is 27.9 Å². The molecule has 2 rings (SSSR count). The third-order valence-corrected chi connectivity index (χ3v) is 3.98. The lowest BCUT2D eigenvalue weighted by Crippen LogP contribution is -2.42. The van der Waals surface area contributed by atoms with Gasteiger partial charge in [-0.05, 0) is 43.8 Å². The molecule has 1 heterocycles. The Kier molecular flexibility index (Phi) is 5.63. The molecule has 0 amide bonds. The Morgan fingerprint density at radius 2 is 2.37 bits per heavy atom. The predicted molar refractivity (Wildman–Crippen MR) is 79.6 cm³/mol. The third kappa shape index (κ3) is 4.45. The number of morpholine rings is 1. The van der Waals surface area contributed by atoms with E-state index in [0.717, 1.165) is 36.3 Å². The van der Waals surface area contributed by atoms with Crippen molar-refractivity contribution in [2.24, 2.45) is 5.73 Å². The van der Waals surface area contributed by atoms with Gasteiger partial charge in [-0.2, -0.15) is 0 Å². The number of ether oxygens (including phenoxy) is 2. The lowest BCUT2D eigenvalue weighted by Gasteiger charge is -2.29. The Morgan fingerprint density at radius 1 is 1.53 bits per heavy atom. The van der Waals surface area contributed by atoms with E-state index in [1.165, 1.54) is 5.56 Å². The Bertz CT molecular complexity index is 414. The van der Waals surface area contributed by atoms with Crippen LogP contribution in [0.2, 0.25) is 0 Å². The summed E-state index contributed by atoms with van der Waals surface area (Å²) >= 11 is 3.52. The molecule has 1 saturated heterocycles. The van der Waals surface area contributed by atoms with Crippen LogP contribution in [0.5, 0.6) is 5.75 Å². The SMILES string of the molecule is CN1CCOC(COc2ccc(Br)c(CCN)c2)C1. The van der Waals surface area contributed by atoms with E-state index in [1.807, 2.05) is 18.2 Å². The van der Waals surface area contributed by atoms with Crippen molar-refractivity contribution in [3.63, 3.8) is 0 Å². The minimum Gasteiger partial charge on any atom is -0.491 e. The second-order valence-electron chi connectivity index (χ2n) is 4.86. The first-order chi connectivity index (χ1) is 9.19. The smallest absolute Gasteiger partial charge is 0.119 e. The second-order valence-corrected chi connectivity index (χ2v) is 5.71. The Labute approximate surface area is 123 Å². The maximum absolute atomic E-state index is 5.82. The van der Waals surface area contributed by atoms with E-state index < -0.39 is 0 Å². The summed E-state index contributed by atoms with van der Waals surface area (Å²) in [6.07, 6.45) is 1.00. The van der Waals surface area contributed by atoms with Crippen LogP contribution in [0.3, 0.4) is 0 Å². The van der Waals surface area contributed by atoms with Gasteiger partial charge in [-0.25, -0.2) is 0 Å². The van der Waals surface area contributed by atoms with Crippen LogP contribution < -0.4 is 10.5 Å². The van der Waals surface area contributed by atoms with Crippen LogP contribution >= 0.6 is 15.9 Å². The summed E-state index contributed by atoms with van der Waals surface area (Å²) in [5.74, 6) is 0.878. The zero-order chi connectivity index (χ0) is 13.7. The first-order valence-corrected chi connectivity index (χ1v) is 7.40. The fourth-order valence-corrected chi connectivity index (χ4v) is 2.59. The fourth-order valence-electron chi connectivity index (χ4n) is 2.14. The van der Waals surface area contributed by atoms with Gasteiger partial charge in [-0.3, -0.25) is 0 Å². The lowest BCUT2D eigenvalue weighted by molar-refractivity contribution is -0.0403. The van der Waals surface area contributed by atoms with Gasteiger partial charge in [0.15, 0.2) is 0 Å². The summed E-state index contributed by atoms with van der Waals surface area (Å²) < 4.78 is 12.6. The molecule has 19 heavy (non-hydrogen) atoms. The van der Waals surface area contributed by atoms with Crippen LogP contribution in [0.4, 0.5) is 0 Å². The molecule has 0 saturated carbocycles. The Morgan fingerprint density at radius 3 is 3.11 bits per heavy atom. The summed E-state index contributed by atoms with van der Waals surface area (Å²) in [6, 6.07) is 6.02. The lowest BCUT2D eigenvalue weighted by atomic mass is 10.1. The highest BCUT2D eigenvalue weighted by Crippen LogP contribution is 2.23. The molecule has 4 nitrogen and oxygen atoms in total. The van der Waals surface area contributed by atoms with Crippen LogP contribution in [-0.2, 0) is 11.2 Å². The molecule has 0 aromatic heterocycles. The molecule has 0 aliphatic carbocycles. The van der Waals surface area contributed by atoms with Crippen LogP contribution in [-0.4, -0.2) is 50.9 Å². The maximum atomic E-state index is 5.82. The topological polar surface area (TPSA) is 47.7 Å². The number of nitrogens with two attached hydrogens (primary N) is 1. The van der Waals surface area contributed by atoms with E-state index in [9.17, 15) is 0 Å². The van der Waals surface area contributed by atoms with Crippen molar-refractivity contribution >= 4 is 15.9 Å². The van der Waals surface area contributed by atoms with Crippen LogP contribution in [0, 0.1) is 0 Å². The molecule has 1 aliphatic heterocycles. The molecule has 0 radical (unpaired) electrons. The van der Waals surface area contributed by atoms with Gasteiger partial charge in [-0.1, -0.05) is 15.9 Å². The van der Waals surface area contributed by atoms with Crippen molar-refractivity contribution in [3.05, 3.63) is 28.2 Å². The third-order valence-electron chi connectivity index (χ3n) is 3.21. The van der Waals surface area contributed by atoms with Gasteiger partial charge >= 0.3 is 0 Å². The Balaban J connectivity index is 1.90. The minimum absolute atomic E-state index is 0.153. The number of hydrogen-bond acceptors (Lipinski definition) is 4. The monoisotopic (exact) mass is 328 g/mol. The van der Waals surface area contributed by atoms with E-state index >= 15 is 0 Å². The van der Waals surface area contributed by atoms with Gasteiger partial charge in [0.1, 0.15) is 18.5 Å². The van der Waals surface area contributed by atoms with Crippen LogP contribution in [0.15, 0.2) is 22.7 Å². The molecule has 5 heteroatoms. The molecule has 0 bridgehead atoms. The number of hydrogen-bond donors (Lipinski definition) is 1. The average Bonchev–Trinajstić information content (AvgIpc) is 2.40. The molecule has 1 fully saturated rings. The number of likely N-dealkylation sites (N-methyl/N-ethyl adjacent to an activating group) is 1. The fraction of sp³-hybridized carbons (Fsp3) is 0.571. The zero-order valence-electron chi connectivity index (χ0n) is 11.3. The van der Waals surface area contributed by atoms with Gasteiger partial charge in [0.05, 0.1) is 6.61 Å². The molecule has 2 N–H and O–H groups in total. The van der Waals surface area contributed by atoms with Crippen LogP contribution in [0.25, 0.3) is 0 Å². The van der Waals surface area contributed by atoms with Gasteiger partial charge in [-0.15, -0.1) is 0 Å². The van der Waals surface area contributed by atoms with Crippen molar-refractivity contribution in [2.45, 2.75) is 12.5 Å². The zero-order valence-corrected chi connectivity index (χ0v) is 12.9. The quantitative estimate of drug-likeness (QED) is 0.893. The molecule has 1 atom stereocenters.